The van der Waals surface area contributed by atoms with Crippen LogP contribution in [0.25, 0.3) is 0 Å². The van der Waals surface area contributed by atoms with Gasteiger partial charge in [-0.15, -0.1) is 13.2 Å². The maximum atomic E-state index is 15.0. The van der Waals surface area contributed by atoms with Crippen LogP contribution >= 0.6 is 0 Å². The van der Waals surface area contributed by atoms with E-state index in [0.29, 0.717) is 56.7 Å². The fourth-order valence-electron chi connectivity index (χ4n) is 8.84. The molecule has 4 aliphatic rings. The number of benzene rings is 2. The summed E-state index contributed by atoms with van der Waals surface area (Å²) in [4.78, 5) is 63.1. The third kappa shape index (κ3) is 8.41. The summed E-state index contributed by atoms with van der Waals surface area (Å²) in [5, 5.41) is 13.9. The minimum atomic E-state index is -1.34. The van der Waals surface area contributed by atoms with Gasteiger partial charge in [0.2, 0.25) is 17.7 Å². The summed E-state index contributed by atoms with van der Waals surface area (Å²) in [6, 6.07) is 15.5. The molecule has 296 valence electrons. The number of aliphatic hydroxyl groups excluding tert-OH is 1. The predicted molar refractivity (Wildman–Crippen MR) is 203 cm³/mol. The van der Waals surface area contributed by atoms with Crippen LogP contribution in [-0.2, 0) is 38.1 Å². The monoisotopic (exact) mass is 758 g/mol. The number of hydrogen-bond donors (Lipinski definition) is 2. The molecule has 2 bridgehead atoms. The SMILES string of the molecule is C=CCCC(=O)N[C@H](COC)[C@H](OC(=O)[C@@H]1[C@@H]2CC[C@]3(O2)[C@H](C(=O)N(CC=C)CCN2CCOCC2)N([C@H](CO)c2ccccc2)C(=O)[C@@H]13)c1ccccc1. The van der Waals surface area contributed by atoms with Crippen LogP contribution in [0.3, 0.4) is 0 Å². The van der Waals surface area contributed by atoms with Crippen LogP contribution in [-0.4, -0.2) is 134 Å². The van der Waals surface area contributed by atoms with Crippen LogP contribution in [0.4, 0.5) is 0 Å². The van der Waals surface area contributed by atoms with Crippen LogP contribution in [0.1, 0.15) is 49.0 Å². The third-order valence-electron chi connectivity index (χ3n) is 11.4. The van der Waals surface area contributed by atoms with Crippen LogP contribution in [0.15, 0.2) is 86.0 Å². The maximum absolute atomic E-state index is 15.0. The van der Waals surface area contributed by atoms with Crippen molar-refractivity contribution in [2.45, 2.75) is 61.6 Å². The average molecular weight is 759 g/mol. The second-order valence-electron chi connectivity index (χ2n) is 14.7. The quantitative estimate of drug-likeness (QED) is 0.162. The lowest BCUT2D eigenvalue weighted by atomic mass is 9.70. The van der Waals surface area contributed by atoms with Gasteiger partial charge in [-0.05, 0) is 30.4 Å². The van der Waals surface area contributed by atoms with Crippen LogP contribution < -0.4 is 5.32 Å². The van der Waals surface area contributed by atoms with Crippen molar-refractivity contribution in [2.24, 2.45) is 11.8 Å². The van der Waals surface area contributed by atoms with E-state index in [9.17, 15) is 14.7 Å². The average Bonchev–Trinajstić information content (AvgIpc) is 3.86. The summed E-state index contributed by atoms with van der Waals surface area (Å²) in [7, 11) is 1.50. The van der Waals surface area contributed by atoms with E-state index in [1.54, 1.807) is 17.1 Å². The second kappa shape index (κ2) is 18.5. The standard InChI is InChI=1S/C42H54N4O9/c1-4-6-17-34(48)43-31(28-52-3)37(30-15-11-8-12-16-30)54-41(51)35-33-18-19-42(55-33)36(35)39(49)46(32(27-47)29-13-9-7-10-14-29)38(42)40(50)45(20-5-2)22-21-44-23-25-53-26-24-44/h4-5,7-16,31-33,35-38,47H,1-2,6,17-28H2,3H3,(H,43,48)/t31-,32-,33+,35-,36-,37-,38+,42-/m1/s1. The minimum absolute atomic E-state index is 0.0484. The predicted octanol–water partition coefficient (Wildman–Crippen LogP) is 2.82. The molecular formula is C42H54N4O9. The minimum Gasteiger partial charge on any atom is -0.455 e. The summed E-state index contributed by atoms with van der Waals surface area (Å²) < 4.78 is 24.1. The van der Waals surface area contributed by atoms with Crippen molar-refractivity contribution in [3.05, 3.63) is 97.1 Å². The molecule has 13 nitrogen and oxygen atoms in total. The number of methoxy groups -OCH3 is 1. The number of likely N-dealkylation sites (tertiary alicyclic amines) is 1. The summed E-state index contributed by atoms with van der Waals surface area (Å²) in [6.45, 7) is 11.2. The lowest BCUT2D eigenvalue weighted by molar-refractivity contribution is -0.163. The topological polar surface area (TPSA) is 147 Å². The summed E-state index contributed by atoms with van der Waals surface area (Å²) >= 11 is 0. The van der Waals surface area contributed by atoms with Crippen LogP contribution in [0.2, 0.25) is 0 Å². The molecule has 4 aliphatic heterocycles. The van der Waals surface area contributed by atoms with Crippen molar-refractivity contribution in [3.63, 3.8) is 0 Å². The van der Waals surface area contributed by atoms with Gasteiger partial charge >= 0.3 is 5.97 Å². The van der Waals surface area contributed by atoms with Gasteiger partial charge in [0.15, 0.2) is 0 Å². The number of nitrogens with zero attached hydrogens (tertiary/aromatic N) is 3. The Morgan fingerprint density at radius 2 is 1.75 bits per heavy atom. The van der Waals surface area contributed by atoms with Crippen molar-refractivity contribution in [1.82, 2.24) is 20.0 Å². The Morgan fingerprint density at radius 1 is 1.05 bits per heavy atom. The van der Waals surface area contributed by atoms with E-state index in [-0.39, 0.29) is 31.4 Å². The number of ether oxygens (including phenoxy) is 4. The van der Waals surface area contributed by atoms with Gasteiger partial charge < -0.3 is 39.2 Å². The number of rotatable bonds is 19. The van der Waals surface area contributed by atoms with Gasteiger partial charge in [0, 0.05) is 46.3 Å². The van der Waals surface area contributed by atoms with Crippen molar-refractivity contribution in [3.8, 4) is 0 Å². The molecule has 0 radical (unpaired) electrons. The molecule has 3 amide bonds. The van der Waals surface area contributed by atoms with E-state index in [1.165, 1.54) is 12.0 Å². The lowest BCUT2D eigenvalue weighted by Gasteiger charge is -2.40. The molecule has 0 aliphatic carbocycles. The molecule has 2 aromatic rings. The molecule has 4 fully saturated rings. The highest BCUT2D eigenvalue weighted by molar-refractivity contribution is 5.98. The molecule has 55 heavy (non-hydrogen) atoms. The van der Waals surface area contributed by atoms with Crippen molar-refractivity contribution in [1.29, 1.82) is 0 Å². The number of carbonyl (C=O) groups excluding carboxylic acids is 4. The molecule has 6 rings (SSSR count). The summed E-state index contributed by atoms with van der Waals surface area (Å²) in [5.74, 6) is -3.77. The Labute approximate surface area is 323 Å². The van der Waals surface area contributed by atoms with Gasteiger partial charge in [-0.2, -0.15) is 0 Å². The molecule has 0 aromatic heterocycles. The van der Waals surface area contributed by atoms with Gasteiger partial charge in [-0.25, -0.2) is 0 Å². The van der Waals surface area contributed by atoms with E-state index in [1.807, 2.05) is 60.7 Å². The summed E-state index contributed by atoms with van der Waals surface area (Å²) in [5.41, 5.74) is -0.0441. The van der Waals surface area contributed by atoms with E-state index < -0.39 is 66.3 Å². The van der Waals surface area contributed by atoms with Gasteiger partial charge in [0.1, 0.15) is 17.7 Å². The second-order valence-corrected chi connectivity index (χ2v) is 14.7. The van der Waals surface area contributed by atoms with E-state index >= 15 is 9.59 Å². The van der Waals surface area contributed by atoms with Crippen molar-refractivity contribution in [2.75, 3.05) is 66.3 Å². The molecule has 4 heterocycles. The Morgan fingerprint density at radius 3 is 2.38 bits per heavy atom. The molecule has 13 heteroatoms. The number of hydrogen-bond acceptors (Lipinski definition) is 10. The number of esters is 1. The van der Waals surface area contributed by atoms with Crippen molar-refractivity contribution >= 4 is 23.7 Å². The Balaban J connectivity index is 1.35. The number of fused-ring (bicyclic) bond motifs is 1. The number of allylic oxidation sites excluding steroid dienone is 1. The molecule has 1 spiro atoms. The fourth-order valence-corrected chi connectivity index (χ4v) is 8.84. The van der Waals surface area contributed by atoms with Gasteiger partial charge in [-0.3, -0.25) is 24.1 Å². The van der Waals surface area contributed by atoms with Crippen LogP contribution in [0.5, 0.6) is 0 Å². The zero-order valence-corrected chi connectivity index (χ0v) is 31.6. The highest BCUT2D eigenvalue weighted by Gasteiger charge is 2.76. The maximum Gasteiger partial charge on any atom is 0.313 e. The number of aliphatic hydroxyl groups is 1. The Bertz CT molecular complexity index is 1650. The Kier molecular flexibility index (Phi) is 13.5. The molecular weight excluding hydrogens is 704 g/mol. The number of nitrogens with one attached hydrogen (secondary N) is 1. The number of amides is 3. The highest BCUT2D eigenvalue weighted by Crippen LogP contribution is 2.60. The largest absolute Gasteiger partial charge is 0.455 e. The van der Waals surface area contributed by atoms with E-state index in [2.05, 4.69) is 23.4 Å². The fraction of sp³-hybridized carbons (Fsp3) is 0.524. The number of morpholine rings is 1. The van der Waals surface area contributed by atoms with Gasteiger partial charge in [0.25, 0.3) is 0 Å². The molecule has 0 saturated carbocycles. The van der Waals surface area contributed by atoms with Crippen LogP contribution in [0, 0.1) is 11.8 Å². The normalized spacial score (nSPS) is 26.1. The highest BCUT2D eigenvalue weighted by atomic mass is 16.6. The molecule has 2 aromatic carbocycles. The van der Waals surface area contributed by atoms with Gasteiger partial charge in [-0.1, -0.05) is 72.8 Å². The first-order valence-electron chi connectivity index (χ1n) is 19.3. The first kappa shape index (κ1) is 40.3. The lowest BCUT2D eigenvalue weighted by Crippen LogP contribution is -2.58. The first-order chi connectivity index (χ1) is 26.8. The molecule has 2 N–H and O–H groups in total. The zero-order valence-electron chi connectivity index (χ0n) is 31.6. The van der Waals surface area contributed by atoms with E-state index in [4.69, 9.17) is 18.9 Å². The molecule has 8 atom stereocenters. The Hall–Kier alpha value is -4.40. The zero-order chi connectivity index (χ0) is 39.0. The van der Waals surface area contributed by atoms with E-state index in [0.717, 1.165) is 13.1 Å². The van der Waals surface area contributed by atoms with Crippen molar-refractivity contribution < 1.29 is 43.2 Å². The molecule has 0 unspecified atom stereocenters. The van der Waals surface area contributed by atoms with Gasteiger partial charge in [0.05, 0.1) is 56.5 Å². The first-order valence-corrected chi connectivity index (χ1v) is 19.3. The molecule has 4 saturated heterocycles. The smallest absolute Gasteiger partial charge is 0.313 e. The third-order valence-corrected chi connectivity index (χ3v) is 11.4. The number of carbonyl (C=O) groups is 4. The summed E-state index contributed by atoms with van der Waals surface area (Å²) in [6.07, 6.45) is 3.16.